The van der Waals surface area contributed by atoms with Crippen molar-refractivity contribution in [2.45, 2.75) is 25.9 Å². The number of amidine groups is 1. The van der Waals surface area contributed by atoms with E-state index in [0.29, 0.717) is 0 Å². The van der Waals surface area contributed by atoms with E-state index >= 15 is 0 Å². The van der Waals surface area contributed by atoms with Crippen LogP contribution in [0.3, 0.4) is 0 Å². The van der Waals surface area contributed by atoms with Gasteiger partial charge in [-0.25, -0.2) is 9.37 Å². The van der Waals surface area contributed by atoms with Crippen LogP contribution < -0.4 is 5.32 Å². The molecule has 0 aliphatic carbocycles. The van der Waals surface area contributed by atoms with Crippen molar-refractivity contribution in [3.8, 4) is 0 Å². The smallest absolute Gasteiger partial charge is 0.150 e. The second kappa shape index (κ2) is 8.18. The lowest BCUT2D eigenvalue weighted by atomic mass is 9.93. The van der Waals surface area contributed by atoms with Gasteiger partial charge in [-0.3, -0.25) is 9.98 Å². The molecule has 2 aliphatic rings. The Morgan fingerprint density at radius 3 is 2.61 bits per heavy atom. The number of fused-ring (bicyclic) bond motifs is 1. The molecule has 1 aromatic carbocycles. The second-order valence-corrected chi connectivity index (χ2v) is 7.69. The van der Waals surface area contributed by atoms with E-state index in [2.05, 4.69) is 30.9 Å². The molecule has 2 aliphatic heterocycles. The average molecular weight is 414 g/mol. The molecule has 0 radical (unpaired) electrons. The van der Waals surface area contributed by atoms with Gasteiger partial charge in [0.05, 0.1) is 17.7 Å². The molecular formula is C24H23FN6. The highest BCUT2D eigenvalue weighted by atomic mass is 19.1. The molecule has 156 valence electrons. The normalized spacial score (nSPS) is 17.5. The summed E-state index contributed by atoms with van der Waals surface area (Å²) < 4.78 is 15.7. The SMILES string of the molecule is Cc1cn(CCCN2C=CNC3=NC(c4ccncc4)C(c4ccc(F)cc4)=C32)cn1. The number of aromatic nitrogens is 3. The molecule has 0 saturated carbocycles. The van der Waals surface area contributed by atoms with Crippen LogP contribution in [0.25, 0.3) is 5.57 Å². The Morgan fingerprint density at radius 2 is 1.87 bits per heavy atom. The quantitative estimate of drug-likeness (QED) is 0.661. The van der Waals surface area contributed by atoms with E-state index in [1.54, 1.807) is 12.4 Å². The van der Waals surface area contributed by atoms with Crippen molar-refractivity contribution in [2.24, 2.45) is 4.99 Å². The Balaban J connectivity index is 1.49. The lowest BCUT2D eigenvalue weighted by Crippen LogP contribution is -2.34. The van der Waals surface area contributed by atoms with E-state index in [4.69, 9.17) is 4.99 Å². The van der Waals surface area contributed by atoms with Gasteiger partial charge in [-0.1, -0.05) is 12.1 Å². The number of benzene rings is 1. The van der Waals surface area contributed by atoms with Gasteiger partial charge in [0.2, 0.25) is 0 Å². The summed E-state index contributed by atoms with van der Waals surface area (Å²) in [5.74, 6) is 0.588. The summed E-state index contributed by atoms with van der Waals surface area (Å²) >= 11 is 0. The van der Waals surface area contributed by atoms with Crippen LogP contribution in [0.5, 0.6) is 0 Å². The summed E-state index contributed by atoms with van der Waals surface area (Å²) in [7, 11) is 0. The van der Waals surface area contributed by atoms with Crippen molar-refractivity contribution in [3.05, 3.63) is 102 Å². The molecule has 0 bridgehead atoms. The number of nitrogens with one attached hydrogen (secondary N) is 1. The van der Waals surface area contributed by atoms with Gasteiger partial charge in [0.15, 0.2) is 5.84 Å². The fraction of sp³-hybridized carbons (Fsp3) is 0.208. The van der Waals surface area contributed by atoms with Gasteiger partial charge < -0.3 is 14.8 Å². The average Bonchev–Trinajstić information content (AvgIpc) is 3.39. The minimum Gasteiger partial charge on any atom is -0.344 e. The standard InChI is InChI=1S/C24H23FN6/c1-17-15-30(16-28-17)12-2-13-31-14-11-27-24-23(31)21(18-3-5-20(25)6-4-18)22(29-24)19-7-9-26-10-8-19/h3-11,14-16,22H,2,12-13H2,1H3,(H,27,29). The van der Waals surface area contributed by atoms with Crippen molar-refractivity contribution in [1.82, 2.24) is 24.8 Å². The number of hydrogen-bond acceptors (Lipinski definition) is 5. The van der Waals surface area contributed by atoms with Gasteiger partial charge in [0.25, 0.3) is 0 Å². The highest BCUT2D eigenvalue weighted by Gasteiger charge is 2.34. The summed E-state index contributed by atoms with van der Waals surface area (Å²) in [6.07, 6.45) is 12.4. The maximum Gasteiger partial charge on any atom is 0.150 e. The number of hydrogen-bond donors (Lipinski definition) is 1. The van der Waals surface area contributed by atoms with E-state index in [0.717, 1.165) is 53.4 Å². The topological polar surface area (TPSA) is 58.3 Å². The van der Waals surface area contributed by atoms with Crippen LogP contribution in [0.15, 0.2) is 84.4 Å². The number of imidazole rings is 1. The van der Waals surface area contributed by atoms with E-state index in [1.165, 1.54) is 12.1 Å². The summed E-state index contributed by atoms with van der Waals surface area (Å²) in [5.41, 5.74) is 5.15. The molecule has 5 rings (SSSR count). The molecule has 0 amide bonds. The Hall–Kier alpha value is -3.74. The minimum absolute atomic E-state index is 0.176. The third-order valence-corrected chi connectivity index (χ3v) is 5.53. The molecule has 1 N–H and O–H groups in total. The lowest BCUT2D eigenvalue weighted by molar-refractivity contribution is 0.442. The van der Waals surface area contributed by atoms with Gasteiger partial charge in [-0.05, 0) is 48.7 Å². The first-order valence-corrected chi connectivity index (χ1v) is 10.4. The van der Waals surface area contributed by atoms with Gasteiger partial charge in [-0.2, -0.15) is 0 Å². The van der Waals surface area contributed by atoms with E-state index in [9.17, 15) is 4.39 Å². The number of pyridine rings is 1. The summed E-state index contributed by atoms with van der Waals surface area (Å²) in [6, 6.07) is 10.4. The number of rotatable bonds is 6. The van der Waals surface area contributed by atoms with Gasteiger partial charge in [0, 0.05) is 49.7 Å². The van der Waals surface area contributed by atoms with Crippen molar-refractivity contribution in [2.75, 3.05) is 6.54 Å². The number of halogens is 1. The van der Waals surface area contributed by atoms with E-state index in [-0.39, 0.29) is 11.9 Å². The van der Waals surface area contributed by atoms with Gasteiger partial charge in [-0.15, -0.1) is 0 Å². The predicted molar refractivity (Wildman–Crippen MR) is 118 cm³/mol. The van der Waals surface area contributed by atoms with Crippen LogP contribution >= 0.6 is 0 Å². The zero-order valence-corrected chi connectivity index (χ0v) is 17.2. The van der Waals surface area contributed by atoms with Crippen LogP contribution in [0.2, 0.25) is 0 Å². The predicted octanol–water partition coefficient (Wildman–Crippen LogP) is 4.06. The van der Waals surface area contributed by atoms with Crippen LogP contribution in [0.1, 0.15) is 29.3 Å². The third-order valence-electron chi connectivity index (χ3n) is 5.53. The van der Waals surface area contributed by atoms with Crippen molar-refractivity contribution < 1.29 is 4.39 Å². The Bertz CT molecular complexity index is 1160. The van der Waals surface area contributed by atoms with Crippen LogP contribution in [-0.4, -0.2) is 31.8 Å². The number of aliphatic imine (C=N–C) groups is 1. The molecule has 7 heteroatoms. The van der Waals surface area contributed by atoms with Crippen molar-refractivity contribution >= 4 is 11.4 Å². The third kappa shape index (κ3) is 3.86. The molecule has 6 nitrogen and oxygen atoms in total. The zero-order valence-electron chi connectivity index (χ0n) is 17.2. The monoisotopic (exact) mass is 414 g/mol. The number of aryl methyl sites for hydroxylation is 2. The second-order valence-electron chi connectivity index (χ2n) is 7.69. The van der Waals surface area contributed by atoms with Crippen LogP contribution in [0.4, 0.5) is 4.39 Å². The maximum absolute atomic E-state index is 13.6. The molecule has 0 saturated heterocycles. The molecular weight excluding hydrogens is 391 g/mol. The highest BCUT2D eigenvalue weighted by Crippen LogP contribution is 2.42. The number of nitrogens with zero attached hydrogens (tertiary/aromatic N) is 5. The van der Waals surface area contributed by atoms with Crippen LogP contribution in [0, 0.1) is 12.7 Å². The molecule has 3 aromatic rings. The zero-order chi connectivity index (χ0) is 21.2. The van der Waals surface area contributed by atoms with E-state index < -0.39 is 0 Å². The molecule has 31 heavy (non-hydrogen) atoms. The molecule has 2 aromatic heterocycles. The fourth-order valence-electron chi connectivity index (χ4n) is 4.10. The highest BCUT2D eigenvalue weighted by molar-refractivity contribution is 6.10. The van der Waals surface area contributed by atoms with Crippen molar-refractivity contribution in [1.29, 1.82) is 0 Å². The molecule has 1 atom stereocenters. The van der Waals surface area contributed by atoms with Gasteiger partial charge in [0.1, 0.15) is 11.9 Å². The minimum atomic E-state index is -0.247. The van der Waals surface area contributed by atoms with E-state index in [1.807, 2.05) is 49.9 Å². The molecule has 0 fully saturated rings. The van der Waals surface area contributed by atoms with Gasteiger partial charge >= 0.3 is 0 Å². The largest absolute Gasteiger partial charge is 0.344 e. The van der Waals surface area contributed by atoms with Crippen molar-refractivity contribution in [3.63, 3.8) is 0 Å². The first-order chi connectivity index (χ1) is 15.2. The fourth-order valence-corrected chi connectivity index (χ4v) is 4.10. The summed E-state index contributed by atoms with van der Waals surface area (Å²) in [4.78, 5) is 15.7. The first-order valence-electron chi connectivity index (χ1n) is 10.4. The maximum atomic E-state index is 13.6. The van der Waals surface area contributed by atoms with Crippen LogP contribution in [-0.2, 0) is 6.54 Å². The molecule has 4 heterocycles. The molecule has 0 spiro atoms. The Labute approximate surface area is 180 Å². The summed E-state index contributed by atoms with van der Waals surface area (Å²) in [5, 5.41) is 3.30. The Kier molecular flexibility index (Phi) is 5.08. The molecule has 1 unspecified atom stereocenters. The first kappa shape index (κ1) is 19.2. The summed E-state index contributed by atoms with van der Waals surface area (Å²) in [6.45, 7) is 3.71. The Morgan fingerprint density at radius 1 is 1.06 bits per heavy atom. The lowest BCUT2D eigenvalue weighted by Gasteiger charge is -2.28.